The molecule has 1 aromatic heterocycles. The first-order valence-electron chi connectivity index (χ1n) is 7.44. The number of hydrogen-bond acceptors (Lipinski definition) is 3. The second kappa shape index (κ2) is 6.44. The first-order valence-corrected chi connectivity index (χ1v) is 7.44. The lowest BCUT2D eigenvalue weighted by atomic mass is 10.1. The molecule has 5 heteroatoms. The molecule has 2 heterocycles. The zero-order chi connectivity index (χ0) is 16.2. The molecule has 3 rings (SSSR count). The van der Waals surface area contributed by atoms with E-state index in [1.165, 1.54) is 6.08 Å². The van der Waals surface area contributed by atoms with Crippen molar-refractivity contribution in [3.63, 3.8) is 0 Å². The van der Waals surface area contributed by atoms with Crippen molar-refractivity contribution in [1.82, 2.24) is 4.98 Å². The molecule has 0 spiro atoms. The predicted octanol–water partition coefficient (Wildman–Crippen LogP) is 2.72. The van der Waals surface area contributed by atoms with Crippen LogP contribution in [0.25, 0.3) is 6.08 Å². The Labute approximate surface area is 134 Å². The van der Waals surface area contributed by atoms with Gasteiger partial charge in [0.1, 0.15) is 0 Å². The lowest BCUT2D eigenvalue weighted by Gasteiger charge is -2.22. The maximum absolute atomic E-state index is 12.6. The maximum atomic E-state index is 12.6. The van der Waals surface area contributed by atoms with Crippen LogP contribution < -0.4 is 10.2 Å². The van der Waals surface area contributed by atoms with E-state index in [0.717, 1.165) is 5.56 Å². The van der Waals surface area contributed by atoms with Gasteiger partial charge >= 0.3 is 0 Å². The lowest BCUT2D eigenvalue weighted by molar-refractivity contribution is -0.119. The van der Waals surface area contributed by atoms with Crippen molar-refractivity contribution in [1.29, 1.82) is 0 Å². The minimum atomic E-state index is -0.279. The topological polar surface area (TPSA) is 62.3 Å². The second-order valence-corrected chi connectivity index (χ2v) is 5.48. The quantitative estimate of drug-likeness (QED) is 0.868. The zero-order valence-electron chi connectivity index (χ0n) is 12.8. The van der Waals surface area contributed by atoms with Crippen molar-refractivity contribution in [2.75, 3.05) is 16.8 Å². The number of amides is 2. The summed E-state index contributed by atoms with van der Waals surface area (Å²) in [6, 6.07) is 11.0. The molecule has 23 heavy (non-hydrogen) atoms. The summed E-state index contributed by atoms with van der Waals surface area (Å²) >= 11 is 0. The number of nitrogens with one attached hydrogen (secondary N) is 1. The molecule has 0 saturated carbocycles. The third kappa shape index (κ3) is 3.29. The molecule has 0 aliphatic carbocycles. The van der Waals surface area contributed by atoms with Gasteiger partial charge < -0.3 is 10.2 Å². The third-order valence-corrected chi connectivity index (χ3v) is 3.73. The van der Waals surface area contributed by atoms with Crippen molar-refractivity contribution in [3.8, 4) is 0 Å². The Morgan fingerprint density at radius 2 is 2.13 bits per heavy atom. The van der Waals surface area contributed by atoms with E-state index in [9.17, 15) is 9.59 Å². The van der Waals surface area contributed by atoms with Crippen LogP contribution in [-0.2, 0) is 9.59 Å². The Bertz CT molecular complexity index is 756. The van der Waals surface area contributed by atoms with Crippen LogP contribution in [0.2, 0.25) is 0 Å². The Kier molecular flexibility index (Phi) is 4.19. The molecule has 1 N–H and O–H groups in total. The fourth-order valence-electron chi connectivity index (χ4n) is 2.47. The highest BCUT2D eigenvalue weighted by Crippen LogP contribution is 2.30. The molecule has 0 bridgehead atoms. The first-order chi connectivity index (χ1) is 11.1. The molecule has 1 aromatic carbocycles. The molecule has 5 nitrogen and oxygen atoms in total. The van der Waals surface area contributed by atoms with Crippen LogP contribution in [0.15, 0.2) is 54.9 Å². The number of hydrogen-bond donors (Lipinski definition) is 1. The highest BCUT2D eigenvalue weighted by atomic mass is 16.2. The van der Waals surface area contributed by atoms with Crippen LogP contribution in [0.3, 0.4) is 0 Å². The Morgan fingerprint density at radius 3 is 2.91 bits per heavy atom. The molecule has 0 fully saturated rings. The van der Waals surface area contributed by atoms with Gasteiger partial charge in [-0.2, -0.15) is 0 Å². The Morgan fingerprint density at radius 1 is 1.30 bits per heavy atom. The fourth-order valence-corrected chi connectivity index (χ4v) is 2.47. The van der Waals surface area contributed by atoms with Crippen LogP contribution in [0.4, 0.5) is 11.4 Å². The summed E-state index contributed by atoms with van der Waals surface area (Å²) in [6.07, 6.45) is 6.61. The van der Waals surface area contributed by atoms with Gasteiger partial charge in [-0.05, 0) is 29.8 Å². The molecule has 0 saturated heterocycles. The van der Waals surface area contributed by atoms with Gasteiger partial charge in [0.25, 0.3) is 5.91 Å². The van der Waals surface area contributed by atoms with Gasteiger partial charge in [-0.1, -0.05) is 25.1 Å². The van der Waals surface area contributed by atoms with Crippen LogP contribution in [0.5, 0.6) is 0 Å². The van der Waals surface area contributed by atoms with E-state index >= 15 is 0 Å². The number of pyridine rings is 1. The van der Waals surface area contributed by atoms with Gasteiger partial charge in [0.15, 0.2) is 0 Å². The summed E-state index contributed by atoms with van der Waals surface area (Å²) < 4.78 is 0. The Balaban J connectivity index is 1.90. The largest absolute Gasteiger partial charge is 0.324 e. The summed E-state index contributed by atoms with van der Waals surface area (Å²) in [5.41, 5.74) is 2.22. The molecule has 2 aromatic rings. The molecule has 0 radical (unpaired) electrons. The minimum Gasteiger partial charge on any atom is -0.324 e. The number of carbonyl (C=O) groups is 2. The molecule has 116 valence electrons. The highest BCUT2D eigenvalue weighted by molar-refractivity contribution is 6.09. The van der Waals surface area contributed by atoms with Gasteiger partial charge in [-0.15, -0.1) is 0 Å². The van der Waals surface area contributed by atoms with Crippen LogP contribution in [0, 0.1) is 5.92 Å². The predicted molar refractivity (Wildman–Crippen MR) is 89.9 cm³/mol. The van der Waals surface area contributed by atoms with Crippen molar-refractivity contribution in [2.45, 2.75) is 6.92 Å². The monoisotopic (exact) mass is 307 g/mol. The lowest BCUT2D eigenvalue weighted by Crippen LogP contribution is -2.34. The summed E-state index contributed by atoms with van der Waals surface area (Å²) in [5.74, 6) is -0.521. The summed E-state index contributed by atoms with van der Waals surface area (Å²) in [6.45, 7) is 2.16. The van der Waals surface area contributed by atoms with Crippen molar-refractivity contribution in [3.05, 3.63) is 60.4 Å². The average molecular weight is 307 g/mol. The van der Waals surface area contributed by atoms with Crippen LogP contribution in [0.1, 0.15) is 12.5 Å². The second-order valence-electron chi connectivity index (χ2n) is 5.48. The maximum Gasteiger partial charge on any atom is 0.251 e. The van der Waals surface area contributed by atoms with E-state index < -0.39 is 0 Å². The smallest absolute Gasteiger partial charge is 0.251 e. The van der Waals surface area contributed by atoms with Gasteiger partial charge in [0.2, 0.25) is 5.91 Å². The van der Waals surface area contributed by atoms with E-state index in [0.29, 0.717) is 17.9 Å². The van der Waals surface area contributed by atoms with E-state index in [2.05, 4.69) is 10.3 Å². The number of rotatable bonds is 2. The number of nitrogens with zero attached hydrogens (tertiary/aromatic N) is 2. The van der Waals surface area contributed by atoms with E-state index in [-0.39, 0.29) is 17.7 Å². The summed E-state index contributed by atoms with van der Waals surface area (Å²) in [5, 5.41) is 2.86. The normalized spacial score (nSPS) is 17.5. The molecule has 1 aliphatic rings. The van der Waals surface area contributed by atoms with Gasteiger partial charge in [0.05, 0.1) is 17.3 Å². The van der Waals surface area contributed by atoms with Crippen molar-refractivity contribution >= 4 is 29.3 Å². The molecular formula is C18H17N3O2. The standard InChI is InChI=1S/C18H17N3O2/c1-13-12-21(16-7-3-2-6-15(16)20-18(13)23)17(22)9-8-14-5-4-10-19-11-14/h2-11,13H,12H2,1H3,(H,20,23)/b9-8+. The fraction of sp³-hybridized carbons (Fsp3) is 0.167. The molecule has 2 amide bonds. The molecule has 1 atom stereocenters. The minimum absolute atomic E-state index is 0.0796. The number of carbonyl (C=O) groups excluding carboxylic acids is 2. The molecule has 1 aliphatic heterocycles. The third-order valence-electron chi connectivity index (χ3n) is 3.73. The van der Waals surface area contributed by atoms with Gasteiger partial charge in [-0.3, -0.25) is 14.6 Å². The number of benzene rings is 1. The van der Waals surface area contributed by atoms with Gasteiger partial charge in [-0.25, -0.2) is 0 Å². The van der Waals surface area contributed by atoms with Crippen LogP contribution >= 0.6 is 0 Å². The van der Waals surface area contributed by atoms with Crippen LogP contribution in [-0.4, -0.2) is 23.3 Å². The van der Waals surface area contributed by atoms with E-state index in [1.54, 1.807) is 29.4 Å². The number of aromatic nitrogens is 1. The first kappa shape index (κ1) is 15.0. The van der Waals surface area contributed by atoms with Crippen molar-refractivity contribution in [2.24, 2.45) is 5.92 Å². The van der Waals surface area contributed by atoms with E-state index in [4.69, 9.17) is 0 Å². The average Bonchev–Trinajstić information content (AvgIpc) is 2.71. The SMILES string of the molecule is CC1CN(C(=O)/C=C/c2cccnc2)c2ccccc2NC1=O. The molecule has 1 unspecified atom stereocenters. The summed E-state index contributed by atoms with van der Waals surface area (Å²) in [7, 11) is 0. The summed E-state index contributed by atoms with van der Waals surface area (Å²) in [4.78, 5) is 30.3. The highest BCUT2D eigenvalue weighted by Gasteiger charge is 2.27. The van der Waals surface area contributed by atoms with E-state index in [1.807, 2.05) is 37.3 Å². The van der Waals surface area contributed by atoms with Gasteiger partial charge in [0, 0.05) is 25.0 Å². The zero-order valence-corrected chi connectivity index (χ0v) is 12.8. The van der Waals surface area contributed by atoms with Crippen molar-refractivity contribution < 1.29 is 9.59 Å². The number of fused-ring (bicyclic) bond motifs is 1. The number of para-hydroxylation sites is 2. The Hall–Kier alpha value is -2.95. The molecular weight excluding hydrogens is 290 g/mol. The number of anilines is 2.